The van der Waals surface area contributed by atoms with Gasteiger partial charge in [-0.1, -0.05) is 12.1 Å². The summed E-state index contributed by atoms with van der Waals surface area (Å²) < 4.78 is 0.730. The summed E-state index contributed by atoms with van der Waals surface area (Å²) >= 11 is 3.33. The lowest BCUT2D eigenvalue weighted by Gasteiger charge is -2.21. The zero-order valence-electron chi connectivity index (χ0n) is 10.9. The smallest absolute Gasteiger partial charge is 0.253 e. The molecule has 1 aliphatic heterocycles. The normalized spacial score (nSPS) is 16.2. The van der Waals surface area contributed by atoms with Gasteiger partial charge in [0.25, 0.3) is 5.91 Å². The van der Waals surface area contributed by atoms with Crippen LogP contribution in [-0.4, -0.2) is 35.8 Å². The molecule has 0 spiro atoms. The summed E-state index contributed by atoms with van der Waals surface area (Å²) in [4.78, 5) is 26.0. The highest BCUT2D eigenvalue weighted by Crippen LogP contribution is 2.16. The van der Waals surface area contributed by atoms with Gasteiger partial charge in [0, 0.05) is 17.6 Å². The van der Waals surface area contributed by atoms with E-state index in [2.05, 4.69) is 21.2 Å². The molecule has 1 unspecified atom stereocenters. The molecule has 1 N–H and O–H groups in total. The first-order valence-electron chi connectivity index (χ1n) is 6.44. The second kappa shape index (κ2) is 6.19. The number of rotatable bonds is 3. The standard InChI is InChI=1S/C14H17BrN2O2/c1-10(14(19)17-8-4-5-9-17)16-13(18)11-6-2-3-7-12(11)15/h2-3,6-7,10H,4-5,8-9H2,1H3,(H,16,18). The van der Waals surface area contributed by atoms with Crippen molar-refractivity contribution in [1.29, 1.82) is 0 Å². The summed E-state index contributed by atoms with van der Waals surface area (Å²) in [5, 5.41) is 2.75. The molecule has 2 amide bonds. The van der Waals surface area contributed by atoms with Crippen LogP contribution in [0.2, 0.25) is 0 Å². The molecular formula is C14H17BrN2O2. The molecule has 0 radical (unpaired) electrons. The predicted octanol–water partition coefficient (Wildman–Crippen LogP) is 2.19. The lowest BCUT2D eigenvalue weighted by Crippen LogP contribution is -2.46. The van der Waals surface area contributed by atoms with Crippen molar-refractivity contribution in [1.82, 2.24) is 10.2 Å². The van der Waals surface area contributed by atoms with Gasteiger partial charge in [0.05, 0.1) is 5.56 Å². The number of benzene rings is 1. The largest absolute Gasteiger partial charge is 0.341 e. The van der Waals surface area contributed by atoms with Crippen molar-refractivity contribution < 1.29 is 9.59 Å². The Morgan fingerprint density at radius 3 is 2.53 bits per heavy atom. The van der Waals surface area contributed by atoms with E-state index in [1.54, 1.807) is 19.1 Å². The van der Waals surface area contributed by atoms with Crippen LogP contribution in [0.5, 0.6) is 0 Å². The van der Waals surface area contributed by atoms with Gasteiger partial charge in [-0.25, -0.2) is 0 Å². The van der Waals surface area contributed by atoms with Crippen LogP contribution in [0.3, 0.4) is 0 Å². The summed E-state index contributed by atoms with van der Waals surface area (Å²) in [5.41, 5.74) is 0.545. The van der Waals surface area contributed by atoms with E-state index in [0.717, 1.165) is 30.4 Å². The summed E-state index contributed by atoms with van der Waals surface area (Å²) in [6, 6.07) is 6.69. The van der Waals surface area contributed by atoms with Crippen LogP contribution >= 0.6 is 15.9 Å². The molecule has 0 aliphatic carbocycles. The van der Waals surface area contributed by atoms with E-state index in [9.17, 15) is 9.59 Å². The van der Waals surface area contributed by atoms with E-state index in [-0.39, 0.29) is 11.8 Å². The molecule has 1 atom stereocenters. The first kappa shape index (κ1) is 14.1. The number of likely N-dealkylation sites (tertiary alicyclic amines) is 1. The van der Waals surface area contributed by atoms with Gasteiger partial charge in [0.1, 0.15) is 6.04 Å². The van der Waals surface area contributed by atoms with E-state index in [1.807, 2.05) is 17.0 Å². The maximum Gasteiger partial charge on any atom is 0.253 e. The Kier molecular flexibility index (Phi) is 4.58. The van der Waals surface area contributed by atoms with Gasteiger partial charge in [-0.15, -0.1) is 0 Å². The van der Waals surface area contributed by atoms with E-state index in [4.69, 9.17) is 0 Å². The molecule has 1 saturated heterocycles. The minimum Gasteiger partial charge on any atom is -0.341 e. The fourth-order valence-corrected chi connectivity index (χ4v) is 2.66. The van der Waals surface area contributed by atoms with E-state index >= 15 is 0 Å². The Morgan fingerprint density at radius 2 is 1.89 bits per heavy atom. The maximum absolute atomic E-state index is 12.1. The van der Waals surface area contributed by atoms with Gasteiger partial charge in [-0.3, -0.25) is 9.59 Å². The first-order valence-corrected chi connectivity index (χ1v) is 7.23. The highest BCUT2D eigenvalue weighted by Gasteiger charge is 2.24. The number of hydrogen-bond acceptors (Lipinski definition) is 2. The van der Waals surface area contributed by atoms with Crippen LogP contribution in [0.4, 0.5) is 0 Å². The van der Waals surface area contributed by atoms with E-state index in [0.29, 0.717) is 5.56 Å². The third-order valence-electron chi connectivity index (χ3n) is 3.25. The maximum atomic E-state index is 12.1. The van der Waals surface area contributed by atoms with Gasteiger partial charge in [0.15, 0.2) is 0 Å². The van der Waals surface area contributed by atoms with Crippen LogP contribution in [0.1, 0.15) is 30.1 Å². The van der Waals surface area contributed by atoms with Crippen molar-refractivity contribution in [3.8, 4) is 0 Å². The summed E-state index contributed by atoms with van der Waals surface area (Å²) in [6.45, 7) is 3.33. The average Bonchev–Trinajstić information content (AvgIpc) is 2.92. The minimum absolute atomic E-state index is 0.00194. The van der Waals surface area contributed by atoms with Gasteiger partial charge < -0.3 is 10.2 Å². The van der Waals surface area contributed by atoms with Crippen molar-refractivity contribution in [3.05, 3.63) is 34.3 Å². The quantitative estimate of drug-likeness (QED) is 0.926. The summed E-state index contributed by atoms with van der Waals surface area (Å²) in [7, 11) is 0. The number of amides is 2. The minimum atomic E-state index is -0.488. The molecular weight excluding hydrogens is 308 g/mol. The summed E-state index contributed by atoms with van der Waals surface area (Å²) in [6.07, 6.45) is 2.10. The molecule has 0 aromatic heterocycles. The van der Waals surface area contributed by atoms with Crippen molar-refractivity contribution in [3.63, 3.8) is 0 Å². The Bertz CT molecular complexity index is 484. The first-order chi connectivity index (χ1) is 9.09. The van der Waals surface area contributed by atoms with Gasteiger partial charge >= 0.3 is 0 Å². The zero-order valence-corrected chi connectivity index (χ0v) is 12.4. The predicted molar refractivity (Wildman–Crippen MR) is 76.9 cm³/mol. The molecule has 102 valence electrons. The molecule has 1 heterocycles. The molecule has 1 fully saturated rings. The SMILES string of the molecule is CC(NC(=O)c1ccccc1Br)C(=O)N1CCCC1. The number of hydrogen-bond donors (Lipinski definition) is 1. The Morgan fingerprint density at radius 1 is 1.26 bits per heavy atom. The molecule has 4 nitrogen and oxygen atoms in total. The fraction of sp³-hybridized carbons (Fsp3) is 0.429. The van der Waals surface area contributed by atoms with Crippen molar-refractivity contribution >= 4 is 27.7 Å². The lowest BCUT2D eigenvalue weighted by molar-refractivity contribution is -0.131. The van der Waals surface area contributed by atoms with Gasteiger partial charge in [-0.2, -0.15) is 0 Å². The Labute approximate surface area is 121 Å². The number of halogens is 1. The highest BCUT2D eigenvalue weighted by atomic mass is 79.9. The van der Waals surface area contributed by atoms with Crippen molar-refractivity contribution in [2.24, 2.45) is 0 Å². The number of nitrogens with one attached hydrogen (secondary N) is 1. The number of carbonyl (C=O) groups is 2. The van der Waals surface area contributed by atoms with Crippen LogP contribution < -0.4 is 5.32 Å². The fourth-order valence-electron chi connectivity index (χ4n) is 2.19. The highest BCUT2D eigenvalue weighted by molar-refractivity contribution is 9.10. The molecule has 5 heteroatoms. The third kappa shape index (κ3) is 3.35. The van der Waals surface area contributed by atoms with Crippen LogP contribution in [0, 0.1) is 0 Å². The van der Waals surface area contributed by atoms with Crippen LogP contribution in [0.15, 0.2) is 28.7 Å². The zero-order chi connectivity index (χ0) is 13.8. The molecule has 19 heavy (non-hydrogen) atoms. The molecule has 1 aromatic rings. The van der Waals surface area contributed by atoms with E-state index < -0.39 is 6.04 Å². The number of nitrogens with zero attached hydrogens (tertiary/aromatic N) is 1. The second-order valence-electron chi connectivity index (χ2n) is 4.71. The topological polar surface area (TPSA) is 49.4 Å². The average molecular weight is 325 g/mol. The molecule has 0 bridgehead atoms. The molecule has 1 aromatic carbocycles. The third-order valence-corrected chi connectivity index (χ3v) is 3.95. The van der Waals surface area contributed by atoms with Crippen molar-refractivity contribution in [2.45, 2.75) is 25.8 Å². The van der Waals surface area contributed by atoms with Crippen LogP contribution in [0.25, 0.3) is 0 Å². The summed E-state index contributed by atoms with van der Waals surface area (Å²) in [5.74, 6) is -0.231. The monoisotopic (exact) mass is 324 g/mol. The molecule has 0 saturated carbocycles. The van der Waals surface area contributed by atoms with Gasteiger partial charge in [0.2, 0.25) is 5.91 Å². The van der Waals surface area contributed by atoms with Gasteiger partial charge in [-0.05, 0) is 47.8 Å². The van der Waals surface area contributed by atoms with Crippen molar-refractivity contribution in [2.75, 3.05) is 13.1 Å². The molecule has 2 rings (SSSR count). The van der Waals surface area contributed by atoms with Crippen LogP contribution in [-0.2, 0) is 4.79 Å². The molecule has 1 aliphatic rings. The Hall–Kier alpha value is -1.36. The second-order valence-corrected chi connectivity index (χ2v) is 5.56. The Balaban J connectivity index is 1.98. The van der Waals surface area contributed by atoms with E-state index in [1.165, 1.54) is 0 Å². The lowest BCUT2D eigenvalue weighted by atomic mass is 10.2. The number of carbonyl (C=O) groups excluding carboxylic acids is 2.